The Morgan fingerprint density at radius 1 is 1.35 bits per heavy atom. The summed E-state index contributed by atoms with van der Waals surface area (Å²) in [6, 6.07) is 3.69. The van der Waals surface area contributed by atoms with Crippen LogP contribution in [0.5, 0.6) is 0 Å². The number of hydrogen-bond donors (Lipinski definition) is 1. The van der Waals surface area contributed by atoms with Crippen LogP contribution in [0.15, 0.2) is 21.6 Å². The molecule has 1 aromatic heterocycles. The molecule has 1 aliphatic rings. The lowest BCUT2D eigenvalue weighted by Gasteiger charge is -2.19. The number of nitrogens with one attached hydrogen (secondary N) is 1. The van der Waals surface area contributed by atoms with E-state index in [9.17, 15) is 8.42 Å². The van der Waals surface area contributed by atoms with Gasteiger partial charge in [-0.15, -0.1) is 0 Å². The van der Waals surface area contributed by atoms with Gasteiger partial charge >= 0.3 is 0 Å². The van der Waals surface area contributed by atoms with Gasteiger partial charge in [-0.3, -0.25) is 0 Å². The predicted molar refractivity (Wildman–Crippen MR) is 77.8 cm³/mol. The fraction of sp³-hybridized carbons (Fsp3) is 0.714. The van der Waals surface area contributed by atoms with E-state index < -0.39 is 10.0 Å². The molecule has 0 aromatic carbocycles. The largest absolute Gasteiger partial charge is 0.447 e. The Kier molecular flexibility index (Phi) is 4.88. The first-order valence-electron chi connectivity index (χ1n) is 7.16. The van der Waals surface area contributed by atoms with Crippen molar-refractivity contribution in [2.24, 2.45) is 5.92 Å². The number of furan rings is 1. The summed E-state index contributed by atoms with van der Waals surface area (Å²) in [4.78, 5) is 0. The average Bonchev–Trinajstić information content (AvgIpc) is 3.07. The van der Waals surface area contributed by atoms with E-state index in [1.807, 2.05) is 0 Å². The van der Waals surface area contributed by atoms with Crippen molar-refractivity contribution in [3.63, 3.8) is 0 Å². The van der Waals surface area contributed by atoms with Crippen LogP contribution in [0.4, 0.5) is 0 Å². The van der Waals surface area contributed by atoms with Crippen molar-refractivity contribution in [3.8, 4) is 0 Å². The summed E-state index contributed by atoms with van der Waals surface area (Å²) < 4.78 is 30.4. The van der Waals surface area contributed by atoms with E-state index in [0.29, 0.717) is 18.3 Å². The van der Waals surface area contributed by atoms with Gasteiger partial charge in [-0.05, 0) is 37.8 Å². The molecule has 1 aliphatic carbocycles. The van der Waals surface area contributed by atoms with Crippen molar-refractivity contribution < 1.29 is 12.8 Å². The van der Waals surface area contributed by atoms with E-state index in [1.54, 1.807) is 6.07 Å². The Morgan fingerprint density at radius 3 is 2.60 bits per heavy atom. The second-order valence-electron chi connectivity index (χ2n) is 5.72. The Bertz CT molecular complexity index is 530. The standard InChI is InChI=1S/C14H24N2O3S/c1-11(12-6-4-5-7-12)15-10-13-8-9-14(19-13)20(17,18)16(2)3/h8-9,11-12,15H,4-7,10H2,1-3H3/t11-/m0/s1. The molecule has 0 saturated heterocycles. The third kappa shape index (κ3) is 3.42. The van der Waals surface area contributed by atoms with Crippen LogP contribution < -0.4 is 5.32 Å². The zero-order valence-electron chi connectivity index (χ0n) is 12.4. The Morgan fingerprint density at radius 2 is 2.00 bits per heavy atom. The minimum absolute atomic E-state index is 0.00724. The van der Waals surface area contributed by atoms with Crippen LogP contribution in [-0.4, -0.2) is 32.9 Å². The molecule has 1 heterocycles. The van der Waals surface area contributed by atoms with Gasteiger partial charge in [0.15, 0.2) is 0 Å². The van der Waals surface area contributed by atoms with Crippen molar-refractivity contribution in [1.29, 1.82) is 0 Å². The van der Waals surface area contributed by atoms with Gasteiger partial charge in [0.1, 0.15) is 5.76 Å². The highest BCUT2D eigenvalue weighted by atomic mass is 32.2. The second kappa shape index (κ2) is 6.28. The van der Waals surface area contributed by atoms with E-state index in [2.05, 4.69) is 12.2 Å². The molecule has 2 rings (SSSR count). The minimum atomic E-state index is -3.47. The molecule has 1 saturated carbocycles. The van der Waals surface area contributed by atoms with Crippen LogP contribution in [0, 0.1) is 5.92 Å². The Labute approximate surface area is 121 Å². The second-order valence-corrected chi connectivity index (χ2v) is 7.81. The maximum atomic E-state index is 11.9. The van der Waals surface area contributed by atoms with Crippen molar-refractivity contribution in [2.45, 2.75) is 50.3 Å². The van der Waals surface area contributed by atoms with Gasteiger partial charge in [0.25, 0.3) is 10.0 Å². The first kappa shape index (κ1) is 15.5. The molecule has 1 N–H and O–H groups in total. The van der Waals surface area contributed by atoms with Gasteiger partial charge in [-0.25, -0.2) is 12.7 Å². The molecule has 5 nitrogen and oxygen atoms in total. The lowest BCUT2D eigenvalue weighted by atomic mass is 10.00. The third-order valence-electron chi connectivity index (χ3n) is 4.08. The molecule has 0 radical (unpaired) electrons. The molecule has 1 aromatic rings. The summed E-state index contributed by atoms with van der Waals surface area (Å²) in [6.07, 6.45) is 5.21. The molecular formula is C14H24N2O3S. The topological polar surface area (TPSA) is 62.6 Å². The van der Waals surface area contributed by atoms with Gasteiger partial charge in [0.05, 0.1) is 6.54 Å². The van der Waals surface area contributed by atoms with Crippen molar-refractivity contribution in [2.75, 3.05) is 14.1 Å². The highest BCUT2D eigenvalue weighted by molar-refractivity contribution is 7.88. The zero-order valence-corrected chi connectivity index (χ0v) is 13.2. The van der Waals surface area contributed by atoms with Crippen LogP contribution in [0.3, 0.4) is 0 Å². The van der Waals surface area contributed by atoms with E-state index in [0.717, 1.165) is 10.2 Å². The maximum absolute atomic E-state index is 11.9. The fourth-order valence-corrected chi connectivity index (χ4v) is 3.47. The smallest absolute Gasteiger partial charge is 0.275 e. The van der Waals surface area contributed by atoms with Crippen molar-refractivity contribution >= 4 is 10.0 Å². The van der Waals surface area contributed by atoms with Crippen LogP contribution in [0.2, 0.25) is 0 Å². The van der Waals surface area contributed by atoms with Gasteiger partial charge in [-0.2, -0.15) is 0 Å². The zero-order chi connectivity index (χ0) is 14.8. The molecule has 0 aliphatic heterocycles. The Balaban J connectivity index is 1.93. The van der Waals surface area contributed by atoms with E-state index in [1.165, 1.54) is 45.8 Å². The van der Waals surface area contributed by atoms with Crippen molar-refractivity contribution in [3.05, 3.63) is 17.9 Å². The summed E-state index contributed by atoms with van der Waals surface area (Å²) in [5, 5.41) is 3.44. The number of nitrogens with zero attached hydrogens (tertiary/aromatic N) is 1. The highest BCUT2D eigenvalue weighted by Gasteiger charge is 2.23. The van der Waals surface area contributed by atoms with Crippen LogP contribution in [0.25, 0.3) is 0 Å². The molecular weight excluding hydrogens is 276 g/mol. The SMILES string of the molecule is C[C@H](NCc1ccc(S(=O)(=O)N(C)C)o1)C1CCCC1. The molecule has 1 fully saturated rings. The molecule has 0 bridgehead atoms. The predicted octanol–water partition coefficient (Wildman–Crippen LogP) is 2.20. The quantitative estimate of drug-likeness (QED) is 0.875. The molecule has 114 valence electrons. The first-order valence-corrected chi connectivity index (χ1v) is 8.60. The fourth-order valence-electron chi connectivity index (χ4n) is 2.66. The number of hydrogen-bond acceptors (Lipinski definition) is 4. The third-order valence-corrected chi connectivity index (χ3v) is 5.77. The normalized spacial score (nSPS) is 18.8. The lowest BCUT2D eigenvalue weighted by molar-refractivity contribution is 0.344. The maximum Gasteiger partial charge on any atom is 0.275 e. The molecule has 20 heavy (non-hydrogen) atoms. The van der Waals surface area contributed by atoms with Gasteiger partial charge < -0.3 is 9.73 Å². The summed E-state index contributed by atoms with van der Waals surface area (Å²) >= 11 is 0. The van der Waals surface area contributed by atoms with Crippen LogP contribution in [0.1, 0.15) is 38.4 Å². The molecule has 0 amide bonds. The molecule has 1 atom stereocenters. The molecule has 0 unspecified atom stereocenters. The summed E-state index contributed by atoms with van der Waals surface area (Å²) in [5.41, 5.74) is 0. The molecule has 6 heteroatoms. The first-order chi connectivity index (χ1) is 9.41. The summed E-state index contributed by atoms with van der Waals surface area (Å²) in [6.45, 7) is 2.76. The van der Waals surface area contributed by atoms with Crippen LogP contribution in [-0.2, 0) is 16.6 Å². The van der Waals surface area contributed by atoms with E-state index in [-0.39, 0.29) is 5.09 Å². The number of rotatable bonds is 6. The van der Waals surface area contributed by atoms with E-state index in [4.69, 9.17) is 4.42 Å². The average molecular weight is 300 g/mol. The Hall–Kier alpha value is -0.850. The summed E-state index contributed by atoms with van der Waals surface area (Å²) in [7, 11) is -0.475. The van der Waals surface area contributed by atoms with Gasteiger partial charge in [-0.1, -0.05) is 12.8 Å². The van der Waals surface area contributed by atoms with Gasteiger partial charge in [0, 0.05) is 20.1 Å². The van der Waals surface area contributed by atoms with E-state index >= 15 is 0 Å². The lowest BCUT2D eigenvalue weighted by Crippen LogP contribution is -2.31. The number of sulfonamides is 1. The highest BCUT2D eigenvalue weighted by Crippen LogP contribution is 2.27. The van der Waals surface area contributed by atoms with Crippen LogP contribution >= 0.6 is 0 Å². The van der Waals surface area contributed by atoms with Crippen molar-refractivity contribution in [1.82, 2.24) is 9.62 Å². The minimum Gasteiger partial charge on any atom is -0.447 e. The van der Waals surface area contributed by atoms with Gasteiger partial charge in [0.2, 0.25) is 5.09 Å². The molecule has 0 spiro atoms. The monoisotopic (exact) mass is 300 g/mol. The summed E-state index contributed by atoms with van der Waals surface area (Å²) in [5.74, 6) is 1.39.